The molecule has 1 aromatic rings. The number of carbonyl (C=O) groups is 1. The molecule has 1 aliphatic heterocycles. The van der Waals surface area contributed by atoms with Crippen LogP contribution in [-0.4, -0.2) is 26.2 Å². The van der Waals surface area contributed by atoms with Gasteiger partial charge in [0.2, 0.25) is 5.91 Å². The van der Waals surface area contributed by atoms with Gasteiger partial charge in [-0.1, -0.05) is 6.07 Å². The molecule has 1 amide bonds. The van der Waals surface area contributed by atoms with Crippen molar-refractivity contribution in [3.8, 4) is 11.5 Å². The third kappa shape index (κ3) is 2.45. The van der Waals surface area contributed by atoms with Gasteiger partial charge in [-0.25, -0.2) is 0 Å². The highest BCUT2D eigenvalue weighted by Gasteiger charge is 2.09. The van der Waals surface area contributed by atoms with Crippen LogP contribution < -0.4 is 14.8 Å². The second-order valence-electron chi connectivity index (χ2n) is 3.68. The molecule has 0 atom stereocenters. The van der Waals surface area contributed by atoms with Crippen LogP contribution in [0, 0.1) is 0 Å². The number of benzene rings is 1. The van der Waals surface area contributed by atoms with E-state index in [0.29, 0.717) is 25.3 Å². The average molecular weight is 221 g/mol. The van der Waals surface area contributed by atoms with Gasteiger partial charge in [-0.3, -0.25) is 4.79 Å². The van der Waals surface area contributed by atoms with Crippen molar-refractivity contribution in [2.75, 3.05) is 20.3 Å². The maximum absolute atomic E-state index is 11.3. The molecular formula is C12H15NO3. The number of ether oxygens (including phenoxy) is 2. The molecule has 0 aromatic heterocycles. The molecule has 16 heavy (non-hydrogen) atoms. The first kappa shape index (κ1) is 10.8. The molecule has 0 spiro atoms. The van der Waals surface area contributed by atoms with E-state index in [4.69, 9.17) is 9.47 Å². The smallest absolute Gasteiger partial charge is 0.223 e. The number of rotatable bonds is 1. The summed E-state index contributed by atoms with van der Waals surface area (Å²) in [6, 6.07) is 5.85. The topological polar surface area (TPSA) is 47.6 Å². The largest absolute Gasteiger partial charge is 0.493 e. The number of amides is 1. The number of hydrogen-bond acceptors (Lipinski definition) is 3. The predicted molar refractivity (Wildman–Crippen MR) is 59.8 cm³/mol. The molecule has 2 bridgehead atoms. The maximum atomic E-state index is 11.3. The number of nitrogens with one attached hydrogen (secondary N) is 1. The average Bonchev–Trinajstić information content (AvgIpc) is 2.29. The molecule has 4 heteroatoms. The zero-order valence-corrected chi connectivity index (χ0v) is 9.29. The van der Waals surface area contributed by atoms with Gasteiger partial charge in [-0.05, 0) is 24.1 Å². The number of methoxy groups -OCH3 is 1. The molecule has 0 saturated heterocycles. The van der Waals surface area contributed by atoms with E-state index in [-0.39, 0.29) is 5.91 Å². The molecule has 0 fully saturated rings. The van der Waals surface area contributed by atoms with Crippen molar-refractivity contribution in [1.82, 2.24) is 5.32 Å². The van der Waals surface area contributed by atoms with Crippen LogP contribution in [0.25, 0.3) is 0 Å². The second kappa shape index (κ2) is 4.88. The zero-order chi connectivity index (χ0) is 11.4. The van der Waals surface area contributed by atoms with Gasteiger partial charge >= 0.3 is 0 Å². The van der Waals surface area contributed by atoms with Crippen molar-refractivity contribution < 1.29 is 14.3 Å². The monoisotopic (exact) mass is 221 g/mol. The van der Waals surface area contributed by atoms with Gasteiger partial charge in [-0.15, -0.1) is 0 Å². The van der Waals surface area contributed by atoms with Crippen LogP contribution in [0.1, 0.15) is 12.0 Å². The summed E-state index contributed by atoms with van der Waals surface area (Å²) >= 11 is 0. The normalized spacial score (nSPS) is 15.9. The van der Waals surface area contributed by atoms with Crippen LogP contribution in [0.15, 0.2) is 18.2 Å². The Morgan fingerprint density at radius 3 is 3.06 bits per heavy atom. The van der Waals surface area contributed by atoms with Crippen LogP contribution in [-0.2, 0) is 11.2 Å². The molecular weight excluding hydrogens is 206 g/mol. The minimum Gasteiger partial charge on any atom is -0.493 e. The Labute approximate surface area is 94.6 Å². The minimum atomic E-state index is 0.0316. The first-order chi connectivity index (χ1) is 7.79. The molecule has 86 valence electrons. The summed E-state index contributed by atoms with van der Waals surface area (Å²) < 4.78 is 10.7. The van der Waals surface area contributed by atoms with Crippen molar-refractivity contribution in [1.29, 1.82) is 0 Å². The summed E-state index contributed by atoms with van der Waals surface area (Å²) in [5, 5.41) is 2.84. The Morgan fingerprint density at radius 1 is 1.38 bits per heavy atom. The fraction of sp³-hybridized carbons (Fsp3) is 0.417. The number of carbonyl (C=O) groups excluding carboxylic acids is 1. The van der Waals surface area contributed by atoms with Crippen LogP contribution >= 0.6 is 0 Å². The highest BCUT2D eigenvalue weighted by molar-refractivity contribution is 5.76. The van der Waals surface area contributed by atoms with Crippen molar-refractivity contribution >= 4 is 5.91 Å². The number of hydrogen-bond donors (Lipinski definition) is 1. The molecule has 1 aromatic carbocycles. The Balaban J connectivity index is 2.23. The molecule has 4 nitrogen and oxygen atoms in total. The highest BCUT2D eigenvalue weighted by atomic mass is 16.5. The van der Waals surface area contributed by atoms with Gasteiger partial charge < -0.3 is 14.8 Å². The van der Waals surface area contributed by atoms with Gasteiger partial charge in [0.1, 0.15) is 0 Å². The van der Waals surface area contributed by atoms with E-state index in [1.165, 1.54) is 0 Å². The fourth-order valence-corrected chi connectivity index (χ4v) is 1.68. The lowest BCUT2D eigenvalue weighted by Gasteiger charge is -2.14. The molecule has 0 unspecified atom stereocenters. The molecule has 1 heterocycles. The molecule has 0 saturated carbocycles. The van der Waals surface area contributed by atoms with Crippen molar-refractivity contribution in [2.45, 2.75) is 12.8 Å². The fourth-order valence-electron chi connectivity index (χ4n) is 1.68. The highest BCUT2D eigenvalue weighted by Crippen LogP contribution is 2.28. The Hall–Kier alpha value is -1.71. The van der Waals surface area contributed by atoms with Gasteiger partial charge in [0.15, 0.2) is 11.5 Å². The molecule has 1 aliphatic rings. The van der Waals surface area contributed by atoms with Gasteiger partial charge in [0.25, 0.3) is 0 Å². The molecule has 0 aliphatic carbocycles. The third-order valence-electron chi connectivity index (χ3n) is 2.55. The second-order valence-corrected chi connectivity index (χ2v) is 3.68. The summed E-state index contributed by atoms with van der Waals surface area (Å²) in [6.45, 7) is 1.05. The van der Waals surface area contributed by atoms with Crippen molar-refractivity contribution in [3.63, 3.8) is 0 Å². The standard InChI is InChI=1S/C12H15NO3/c1-15-10-3-2-9-4-6-13-12(14)5-7-16-11(10)8-9/h2-3,8H,4-7H2,1H3,(H,13,14). The van der Waals surface area contributed by atoms with E-state index in [1.807, 2.05) is 18.2 Å². The number of fused-ring (bicyclic) bond motifs is 2. The first-order valence-corrected chi connectivity index (χ1v) is 5.36. The van der Waals surface area contributed by atoms with E-state index in [0.717, 1.165) is 17.7 Å². The third-order valence-corrected chi connectivity index (χ3v) is 2.55. The first-order valence-electron chi connectivity index (χ1n) is 5.36. The van der Waals surface area contributed by atoms with Gasteiger partial charge in [0, 0.05) is 6.54 Å². The lowest BCUT2D eigenvalue weighted by molar-refractivity contribution is -0.121. The Kier molecular flexibility index (Phi) is 3.29. The van der Waals surface area contributed by atoms with Crippen LogP contribution in [0.5, 0.6) is 11.5 Å². The lowest BCUT2D eigenvalue weighted by atomic mass is 10.1. The summed E-state index contributed by atoms with van der Waals surface area (Å²) in [6.07, 6.45) is 1.19. The maximum Gasteiger partial charge on any atom is 0.223 e. The predicted octanol–water partition coefficient (Wildman–Crippen LogP) is 1.14. The summed E-state index contributed by atoms with van der Waals surface area (Å²) in [4.78, 5) is 11.3. The zero-order valence-electron chi connectivity index (χ0n) is 9.29. The van der Waals surface area contributed by atoms with E-state index in [1.54, 1.807) is 7.11 Å². The Morgan fingerprint density at radius 2 is 2.25 bits per heavy atom. The molecule has 1 N–H and O–H groups in total. The van der Waals surface area contributed by atoms with Crippen molar-refractivity contribution in [2.24, 2.45) is 0 Å². The molecule has 2 rings (SSSR count). The quantitative estimate of drug-likeness (QED) is 0.773. The van der Waals surface area contributed by atoms with E-state index < -0.39 is 0 Å². The van der Waals surface area contributed by atoms with Gasteiger partial charge in [0.05, 0.1) is 20.1 Å². The summed E-state index contributed by atoms with van der Waals surface area (Å²) in [5.41, 5.74) is 1.14. The van der Waals surface area contributed by atoms with E-state index in [9.17, 15) is 4.79 Å². The van der Waals surface area contributed by atoms with Crippen LogP contribution in [0.2, 0.25) is 0 Å². The summed E-state index contributed by atoms with van der Waals surface area (Å²) in [7, 11) is 1.61. The van der Waals surface area contributed by atoms with Crippen molar-refractivity contribution in [3.05, 3.63) is 23.8 Å². The molecule has 0 radical (unpaired) electrons. The Bertz CT molecular complexity index is 390. The van der Waals surface area contributed by atoms with Gasteiger partial charge in [-0.2, -0.15) is 0 Å². The minimum absolute atomic E-state index is 0.0316. The lowest BCUT2D eigenvalue weighted by Crippen LogP contribution is -2.27. The van der Waals surface area contributed by atoms with Crippen LogP contribution in [0.4, 0.5) is 0 Å². The summed E-state index contributed by atoms with van der Waals surface area (Å²) in [5.74, 6) is 1.46. The van der Waals surface area contributed by atoms with E-state index in [2.05, 4.69) is 5.32 Å². The van der Waals surface area contributed by atoms with Crippen LogP contribution in [0.3, 0.4) is 0 Å². The van der Waals surface area contributed by atoms with E-state index >= 15 is 0 Å². The SMILES string of the molecule is COc1ccc2cc1OCCC(=O)NCC2.